The summed E-state index contributed by atoms with van der Waals surface area (Å²) in [5, 5.41) is 13.9. The number of nitrogens with zero attached hydrogens (tertiary/aromatic N) is 4. The largest absolute Gasteiger partial charge is 0.454 e. The van der Waals surface area contributed by atoms with E-state index in [0.29, 0.717) is 23.2 Å². The summed E-state index contributed by atoms with van der Waals surface area (Å²) >= 11 is 0. The number of cyclic esters (lactones) is 1. The molecule has 8 heteroatoms. The Labute approximate surface area is 177 Å². The van der Waals surface area contributed by atoms with E-state index in [1.165, 1.54) is 11.0 Å². The molecule has 0 radical (unpaired) electrons. The Hall–Kier alpha value is -4.33. The van der Waals surface area contributed by atoms with Crippen LogP contribution in [0.3, 0.4) is 0 Å². The fourth-order valence-electron chi connectivity index (χ4n) is 3.57. The maximum Gasteiger partial charge on any atom is 0.339 e. The summed E-state index contributed by atoms with van der Waals surface area (Å²) in [6.45, 7) is 0. The number of benzene rings is 3. The summed E-state index contributed by atoms with van der Waals surface area (Å²) in [6, 6.07) is 21.8. The monoisotopic (exact) mass is 411 g/mol. The summed E-state index contributed by atoms with van der Waals surface area (Å²) in [6.07, 6.45) is 1.65. The highest BCUT2D eigenvalue weighted by Gasteiger charge is 2.28. The van der Waals surface area contributed by atoms with Gasteiger partial charge in [-0.1, -0.05) is 30.3 Å². The number of amides is 1. The van der Waals surface area contributed by atoms with Crippen molar-refractivity contribution in [2.24, 2.45) is 0 Å². The standard InChI is InChI=1S/C23H17N5O3/c29-22(25-18-7-9-19(10-8-18)28-14-24-26-27-28)16-6-11-20-17(12-16)13-21(31-23(20)30)15-4-2-1-3-5-15/h1-12,14,21H,13H2,(H,25,29). The number of nitrogens with one attached hydrogen (secondary N) is 1. The quantitative estimate of drug-likeness (QED) is 0.517. The van der Waals surface area contributed by atoms with Crippen LogP contribution in [0.2, 0.25) is 0 Å². The molecule has 1 N–H and O–H groups in total. The van der Waals surface area contributed by atoms with E-state index < -0.39 is 0 Å². The van der Waals surface area contributed by atoms with Gasteiger partial charge < -0.3 is 10.1 Å². The van der Waals surface area contributed by atoms with Crippen LogP contribution in [0, 0.1) is 0 Å². The molecule has 0 bridgehead atoms. The molecule has 0 saturated heterocycles. The number of anilines is 1. The first-order chi connectivity index (χ1) is 15.2. The fourth-order valence-corrected chi connectivity index (χ4v) is 3.57. The van der Waals surface area contributed by atoms with Crippen molar-refractivity contribution in [3.05, 3.63) is 101 Å². The molecule has 0 saturated carbocycles. The van der Waals surface area contributed by atoms with Gasteiger partial charge in [0.25, 0.3) is 5.91 Å². The van der Waals surface area contributed by atoms with Gasteiger partial charge in [-0.05, 0) is 64.0 Å². The van der Waals surface area contributed by atoms with Crippen LogP contribution in [-0.2, 0) is 11.2 Å². The Morgan fingerprint density at radius 3 is 2.58 bits per heavy atom. The molecular formula is C23H17N5O3. The van der Waals surface area contributed by atoms with Gasteiger partial charge in [0.2, 0.25) is 0 Å². The average molecular weight is 411 g/mol. The highest BCUT2D eigenvalue weighted by Crippen LogP contribution is 2.31. The van der Waals surface area contributed by atoms with E-state index in [0.717, 1.165) is 16.8 Å². The van der Waals surface area contributed by atoms with Gasteiger partial charge in [-0.15, -0.1) is 5.10 Å². The van der Waals surface area contributed by atoms with Gasteiger partial charge in [0.05, 0.1) is 11.3 Å². The summed E-state index contributed by atoms with van der Waals surface area (Å²) in [7, 11) is 0. The molecule has 1 atom stereocenters. The van der Waals surface area contributed by atoms with Crippen LogP contribution in [0.15, 0.2) is 79.1 Å². The number of rotatable bonds is 4. The zero-order valence-corrected chi connectivity index (χ0v) is 16.3. The summed E-state index contributed by atoms with van der Waals surface area (Å²) < 4.78 is 7.11. The normalized spacial score (nSPS) is 15.1. The van der Waals surface area contributed by atoms with Gasteiger partial charge in [0, 0.05) is 17.7 Å². The molecule has 0 fully saturated rings. The Bertz CT molecular complexity index is 1240. The van der Waals surface area contributed by atoms with Crippen molar-refractivity contribution < 1.29 is 14.3 Å². The lowest BCUT2D eigenvalue weighted by Crippen LogP contribution is -2.23. The third kappa shape index (κ3) is 3.78. The van der Waals surface area contributed by atoms with Crippen molar-refractivity contribution in [1.29, 1.82) is 0 Å². The van der Waals surface area contributed by atoms with Gasteiger partial charge in [-0.3, -0.25) is 4.79 Å². The number of fused-ring (bicyclic) bond motifs is 1. The van der Waals surface area contributed by atoms with E-state index in [1.54, 1.807) is 42.5 Å². The zero-order valence-electron chi connectivity index (χ0n) is 16.3. The predicted molar refractivity (Wildman–Crippen MR) is 112 cm³/mol. The second-order valence-electron chi connectivity index (χ2n) is 7.14. The molecule has 3 aromatic carbocycles. The number of tetrazole rings is 1. The van der Waals surface area contributed by atoms with Crippen molar-refractivity contribution in [3.8, 4) is 5.69 Å². The molecule has 31 heavy (non-hydrogen) atoms. The molecule has 1 aromatic heterocycles. The van der Waals surface area contributed by atoms with E-state index in [4.69, 9.17) is 4.74 Å². The smallest absolute Gasteiger partial charge is 0.339 e. The van der Waals surface area contributed by atoms with Crippen molar-refractivity contribution in [3.63, 3.8) is 0 Å². The van der Waals surface area contributed by atoms with Crippen LogP contribution in [-0.4, -0.2) is 32.1 Å². The molecule has 1 amide bonds. The second kappa shape index (κ2) is 7.83. The molecule has 5 rings (SSSR count). The van der Waals surface area contributed by atoms with E-state index in [-0.39, 0.29) is 18.0 Å². The number of carbonyl (C=O) groups is 2. The summed E-state index contributed by atoms with van der Waals surface area (Å²) in [5.74, 6) is -0.631. The van der Waals surface area contributed by atoms with Crippen LogP contribution in [0.1, 0.15) is 37.9 Å². The van der Waals surface area contributed by atoms with Gasteiger partial charge in [-0.25, -0.2) is 9.48 Å². The highest BCUT2D eigenvalue weighted by atomic mass is 16.5. The van der Waals surface area contributed by atoms with E-state index in [1.807, 2.05) is 30.3 Å². The van der Waals surface area contributed by atoms with Gasteiger partial charge in [-0.2, -0.15) is 0 Å². The molecule has 1 aliphatic heterocycles. The molecule has 152 valence electrons. The maximum absolute atomic E-state index is 12.8. The Morgan fingerprint density at radius 1 is 1.03 bits per heavy atom. The molecule has 0 aliphatic carbocycles. The fraction of sp³-hybridized carbons (Fsp3) is 0.0870. The molecule has 0 spiro atoms. The first-order valence-electron chi connectivity index (χ1n) is 9.71. The topological polar surface area (TPSA) is 99.0 Å². The predicted octanol–water partition coefficient (Wildman–Crippen LogP) is 3.37. The van der Waals surface area contributed by atoms with Crippen molar-refractivity contribution in [2.75, 3.05) is 5.32 Å². The summed E-state index contributed by atoms with van der Waals surface area (Å²) in [5.41, 5.74) is 4.12. The molecule has 4 aromatic rings. The zero-order chi connectivity index (χ0) is 21.2. The minimum Gasteiger partial charge on any atom is -0.454 e. The lowest BCUT2D eigenvalue weighted by Gasteiger charge is -2.25. The summed E-state index contributed by atoms with van der Waals surface area (Å²) in [4.78, 5) is 25.2. The lowest BCUT2D eigenvalue weighted by molar-refractivity contribution is 0.0252. The lowest BCUT2D eigenvalue weighted by atomic mass is 9.93. The first-order valence-corrected chi connectivity index (χ1v) is 9.71. The number of hydrogen-bond donors (Lipinski definition) is 1. The number of esters is 1. The Balaban J connectivity index is 1.34. The van der Waals surface area contributed by atoms with Crippen LogP contribution in [0.25, 0.3) is 5.69 Å². The molecule has 1 unspecified atom stereocenters. The van der Waals surface area contributed by atoms with Gasteiger partial charge in [0.15, 0.2) is 0 Å². The van der Waals surface area contributed by atoms with E-state index >= 15 is 0 Å². The first kappa shape index (κ1) is 18.7. The number of ether oxygens (including phenoxy) is 1. The number of carbonyl (C=O) groups excluding carboxylic acids is 2. The Morgan fingerprint density at radius 2 is 1.84 bits per heavy atom. The maximum atomic E-state index is 12.8. The van der Waals surface area contributed by atoms with Crippen molar-refractivity contribution in [1.82, 2.24) is 20.2 Å². The second-order valence-corrected chi connectivity index (χ2v) is 7.14. The Kier molecular flexibility index (Phi) is 4.72. The van der Waals surface area contributed by atoms with E-state index in [9.17, 15) is 9.59 Å². The van der Waals surface area contributed by atoms with Crippen LogP contribution in [0.4, 0.5) is 5.69 Å². The van der Waals surface area contributed by atoms with Crippen molar-refractivity contribution in [2.45, 2.75) is 12.5 Å². The van der Waals surface area contributed by atoms with Crippen molar-refractivity contribution >= 4 is 17.6 Å². The SMILES string of the molecule is O=C(Nc1ccc(-n2cnnn2)cc1)c1ccc2c(c1)CC(c1ccccc1)OC2=O. The van der Waals surface area contributed by atoms with Crippen LogP contribution in [0.5, 0.6) is 0 Å². The average Bonchev–Trinajstić information content (AvgIpc) is 3.35. The minimum absolute atomic E-state index is 0.256. The van der Waals surface area contributed by atoms with Gasteiger partial charge in [0.1, 0.15) is 12.4 Å². The molecule has 8 nitrogen and oxygen atoms in total. The third-order valence-corrected chi connectivity index (χ3v) is 5.15. The highest BCUT2D eigenvalue weighted by molar-refractivity contribution is 6.05. The molecule has 2 heterocycles. The van der Waals surface area contributed by atoms with E-state index in [2.05, 4.69) is 20.8 Å². The minimum atomic E-state index is -0.375. The van der Waals surface area contributed by atoms with Crippen LogP contribution < -0.4 is 5.32 Å². The van der Waals surface area contributed by atoms with Crippen LogP contribution >= 0.6 is 0 Å². The number of hydrogen-bond acceptors (Lipinski definition) is 6. The van der Waals surface area contributed by atoms with Gasteiger partial charge >= 0.3 is 5.97 Å². The molecular weight excluding hydrogens is 394 g/mol. The number of aromatic nitrogens is 4. The molecule has 1 aliphatic rings. The third-order valence-electron chi connectivity index (χ3n) is 5.15.